The van der Waals surface area contributed by atoms with Crippen LogP contribution in [0.3, 0.4) is 0 Å². The molecule has 1 aromatic heterocycles. The molecular formula is C13H22N4O. The Morgan fingerprint density at radius 2 is 2.11 bits per heavy atom. The molecule has 0 bridgehead atoms. The molecule has 100 valence electrons. The first-order valence-electron chi connectivity index (χ1n) is 6.68. The summed E-state index contributed by atoms with van der Waals surface area (Å²) in [5, 5.41) is 0. The number of hydrogen-bond acceptors (Lipinski definition) is 5. The van der Waals surface area contributed by atoms with Crippen LogP contribution < -0.4 is 15.4 Å². The molecule has 2 rings (SSSR count). The molecule has 5 nitrogen and oxygen atoms in total. The second kappa shape index (κ2) is 6.00. The van der Waals surface area contributed by atoms with Crippen molar-refractivity contribution in [2.24, 2.45) is 5.73 Å². The molecule has 18 heavy (non-hydrogen) atoms. The van der Waals surface area contributed by atoms with Crippen molar-refractivity contribution < 1.29 is 4.74 Å². The summed E-state index contributed by atoms with van der Waals surface area (Å²) in [6.45, 7) is 6.61. The number of aromatic nitrogens is 2. The second-order valence-electron chi connectivity index (χ2n) is 4.82. The highest BCUT2D eigenvalue weighted by Crippen LogP contribution is 2.19. The lowest BCUT2D eigenvalue weighted by Gasteiger charge is -2.30. The number of nitrogens with zero attached hydrogens (tertiary/aromatic N) is 3. The second-order valence-corrected chi connectivity index (χ2v) is 4.82. The van der Waals surface area contributed by atoms with Gasteiger partial charge >= 0.3 is 0 Å². The van der Waals surface area contributed by atoms with E-state index in [1.54, 1.807) is 0 Å². The van der Waals surface area contributed by atoms with E-state index in [9.17, 15) is 0 Å². The molecule has 1 aliphatic heterocycles. The van der Waals surface area contributed by atoms with Gasteiger partial charge in [-0.3, -0.25) is 0 Å². The number of piperidine rings is 1. The van der Waals surface area contributed by atoms with Crippen molar-refractivity contribution in [3.05, 3.63) is 11.8 Å². The minimum Gasteiger partial charge on any atom is -0.478 e. The Bertz CT molecular complexity index is 389. The minimum atomic E-state index is 0.321. The fraction of sp³-hybridized carbons (Fsp3) is 0.692. The van der Waals surface area contributed by atoms with Crippen LogP contribution in [-0.2, 0) is 0 Å². The predicted octanol–water partition coefficient (Wildman–Crippen LogP) is 1.50. The Hall–Kier alpha value is -1.36. The molecule has 1 saturated heterocycles. The summed E-state index contributed by atoms with van der Waals surface area (Å²) in [6.07, 6.45) is 2.99. The van der Waals surface area contributed by atoms with Crippen molar-refractivity contribution in [2.45, 2.75) is 39.2 Å². The molecule has 0 amide bonds. The van der Waals surface area contributed by atoms with E-state index in [4.69, 9.17) is 10.5 Å². The van der Waals surface area contributed by atoms with Crippen LogP contribution in [0.4, 0.5) is 5.95 Å². The molecule has 0 unspecified atom stereocenters. The van der Waals surface area contributed by atoms with E-state index in [2.05, 4.69) is 21.8 Å². The molecule has 0 spiro atoms. The molecule has 1 aromatic rings. The van der Waals surface area contributed by atoms with Crippen LogP contribution in [0.5, 0.6) is 5.88 Å². The van der Waals surface area contributed by atoms with Crippen LogP contribution >= 0.6 is 0 Å². The first-order chi connectivity index (χ1) is 8.69. The lowest BCUT2D eigenvalue weighted by molar-refractivity contribution is 0.304. The standard InChI is InChI=1S/C13H22N4O/c1-3-8-18-12-9-10(2)15-13(16-12)17-6-4-11(14)5-7-17/h9,11H,3-8,14H2,1-2H3. The van der Waals surface area contributed by atoms with Gasteiger partial charge < -0.3 is 15.4 Å². The summed E-state index contributed by atoms with van der Waals surface area (Å²) >= 11 is 0. The fourth-order valence-corrected chi connectivity index (χ4v) is 2.05. The first kappa shape index (κ1) is 13.1. The first-order valence-corrected chi connectivity index (χ1v) is 6.68. The van der Waals surface area contributed by atoms with E-state index in [1.165, 1.54) is 0 Å². The van der Waals surface area contributed by atoms with Crippen molar-refractivity contribution >= 4 is 5.95 Å². The van der Waals surface area contributed by atoms with E-state index < -0.39 is 0 Å². The van der Waals surface area contributed by atoms with Crippen molar-refractivity contribution in [2.75, 3.05) is 24.6 Å². The molecule has 0 aromatic carbocycles. The van der Waals surface area contributed by atoms with Gasteiger partial charge in [0.05, 0.1) is 6.61 Å². The van der Waals surface area contributed by atoms with Crippen molar-refractivity contribution in [1.29, 1.82) is 0 Å². The number of nitrogens with two attached hydrogens (primary N) is 1. The Balaban J connectivity index is 2.09. The molecule has 2 heterocycles. The fourth-order valence-electron chi connectivity index (χ4n) is 2.05. The van der Waals surface area contributed by atoms with Gasteiger partial charge in [0.25, 0.3) is 0 Å². The number of aryl methyl sites for hydroxylation is 1. The highest BCUT2D eigenvalue weighted by molar-refractivity contribution is 5.34. The van der Waals surface area contributed by atoms with Crippen LogP contribution in [0.15, 0.2) is 6.07 Å². The zero-order valence-electron chi connectivity index (χ0n) is 11.2. The van der Waals surface area contributed by atoms with Gasteiger partial charge in [-0.25, -0.2) is 4.98 Å². The number of anilines is 1. The van der Waals surface area contributed by atoms with Gasteiger partial charge in [0.2, 0.25) is 11.8 Å². The summed E-state index contributed by atoms with van der Waals surface area (Å²) in [5.74, 6) is 1.45. The summed E-state index contributed by atoms with van der Waals surface area (Å²) < 4.78 is 5.59. The third-order valence-corrected chi connectivity index (χ3v) is 3.10. The van der Waals surface area contributed by atoms with Gasteiger partial charge in [-0.15, -0.1) is 0 Å². The maximum absolute atomic E-state index is 5.91. The van der Waals surface area contributed by atoms with Gasteiger partial charge in [0.1, 0.15) is 0 Å². The molecule has 5 heteroatoms. The summed E-state index contributed by atoms with van der Waals surface area (Å²) in [5.41, 5.74) is 6.85. The van der Waals surface area contributed by atoms with Gasteiger partial charge in [-0.1, -0.05) is 6.92 Å². The SMILES string of the molecule is CCCOc1cc(C)nc(N2CCC(N)CC2)n1. The molecule has 0 atom stereocenters. The van der Waals surface area contributed by atoms with Crippen LogP contribution in [-0.4, -0.2) is 35.7 Å². The summed E-state index contributed by atoms with van der Waals surface area (Å²) in [6, 6.07) is 2.20. The molecule has 1 fully saturated rings. The highest BCUT2D eigenvalue weighted by Gasteiger charge is 2.19. The minimum absolute atomic E-state index is 0.321. The lowest BCUT2D eigenvalue weighted by atomic mass is 10.1. The largest absolute Gasteiger partial charge is 0.478 e. The Kier molecular flexibility index (Phi) is 4.36. The summed E-state index contributed by atoms with van der Waals surface area (Å²) in [4.78, 5) is 11.1. The molecule has 2 N–H and O–H groups in total. The lowest BCUT2D eigenvalue weighted by Crippen LogP contribution is -2.40. The molecule has 0 radical (unpaired) electrons. The Morgan fingerprint density at radius 1 is 1.39 bits per heavy atom. The summed E-state index contributed by atoms with van der Waals surface area (Å²) in [7, 11) is 0. The van der Waals surface area contributed by atoms with Crippen LogP contribution in [0.2, 0.25) is 0 Å². The number of ether oxygens (including phenoxy) is 1. The average molecular weight is 250 g/mol. The Morgan fingerprint density at radius 3 is 2.78 bits per heavy atom. The molecule has 1 aliphatic rings. The zero-order chi connectivity index (χ0) is 13.0. The quantitative estimate of drug-likeness (QED) is 0.877. The van der Waals surface area contributed by atoms with E-state index >= 15 is 0 Å². The van der Waals surface area contributed by atoms with Crippen molar-refractivity contribution in [1.82, 2.24) is 9.97 Å². The van der Waals surface area contributed by atoms with E-state index in [1.807, 2.05) is 13.0 Å². The average Bonchev–Trinajstić information content (AvgIpc) is 2.36. The topological polar surface area (TPSA) is 64.3 Å². The third-order valence-electron chi connectivity index (χ3n) is 3.10. The maximum atomic E-state index is 5.91. The van der Waals surface area contributed by atoms with E-state index in [0.29, 0.717) is 18.5 Å². The van der Waals surface area contributed by atoms with E-state index in [-0.39, 0.29) is 0 Å². The van der Waals surface area contributed by atoms with Crippen molar-refractivity contribution in [3.63, 3.8) is 0 Å². The number of rotatable bonds is 4. The third kappa shape index (κ3) is 3.32. The van der Waals surface area contributed by atoms with E-state index in [0.717, 1.165) is 44.0 Å². The van der Waals surface area contributed by atoms with Gasteiger partial charge in [-0.2, -0.15) is 4.98 Å². The molecular weight excluding hydrogens is 228 g/mol. The van der Waals surface area contributed by atoms with Gasteiger partial charge in [0.15, 0.2) is 0 Å². The monoisotopic (exact) mass is 250 g/mol. The highest BCUT2D eigenvalue weighted by atomic mass is 16.5. The normalized spacial score (nSPS) is 16.9. The molecule has 0 aliphatic carbocycles. The maximum Gasteiger partial charge on any atom is 0.228 e. The number of hydrogen-bond donors (Lipinski definition) is 1. The smallest absolute Gasteiger partial charge is 0.228 e. The van der Waals surface area contributed by atoms with Crippen molar-refractivity contribution in [3.8, 4) is 5.88 Å². The van der Waals surface area contributed by atoms with Crippen LogP contribution in [0, 0.1) is 6.92 Å². The predicted molar refractivity (Wildman–Crippen MR) is 72.0 cm³/mol. The Labute approximate surface area is 108 Å². The van der Waals surface area contributed by atoms with Crippen LogP contribution in [0.25, 0.3) is 0 Å². The van der Waals surface area contributed by atoms with Gasteiger partial charge in [-0.05, 0) is 26.2 Å². The van der Waals surface area contributed by atoms with Gasteiger partial charge in [0, 0.05) is 30.9 Å². The molecule has 0 saturated carbocycles. The van der Waals surface area contributed by atoms with Crippen LogP contribution in [0.1, 0.15) is 31.9 Å². The zero-order valence-corrected chi connectivity index (χ0v) is 11.2.